The largest absolute Gasteiger partial charge is 0.385 e. The van der Waals surface area contributed by atoms with E-state index in [-0.39, 0.29) is 0 Å². The average Bonchev–Trinajstić information content (AvgIpc) is 2.65. The van der Waals surface area contributed by atoms with Gasteiger partial charge in [0, 0.05) is 16.9 Å². The highest BCUT2D eigenvalue weighted by molar-refractivity contribution is 7.17. The molecule has 1 N–H and O–H groups in total. The third kappa shape index (κ3) is 1.96. The summed E-state index contributed by atoms with van der Waals surface area (Å²) in [5.41, 5.74) is 1.19. The van der Waals surface area contributed by atoms with Crippen LogP contribution in [0, 0.1) is 0 Å². The summed E-state index contributed by atoms with van der Waals surface area (Å²) in [6.45, 7) is 4.65. The molecular formula is C12H13NS. The van der Waals surface area contributed by atoms with Crippen molar-refractivity contribution in [1.82, 2.24) is 0 Å². The Morgan fingerprint density at radius 3 is 3.14 bits per heavy atom. The number of nitrogens with one attached hydrogen (secondary N) is 1. The maximum absolute atomic E-state index is 3.70. The molecule has 1 nitrogen and oxygen atoms in total. The Balaban J connectivity index is 2.13. The zero-order valence-corrected chi connectivity index (χ0v) is 8.81. The van der Waals surface area contributed by atoms with Crippen molar-refractivity contribution in [2.24, 2.45) is 0 Å². The minimum absolute atomic E-state index is 0.957. The van der Waals surface area contributed by atoms with Crippen LogP contribution < -0.4 is 5.32 Å². The monoisotopic (exact) mass is 203 g/mol. The molecule has 0 unspecified atom stereocenters. The van der Waals surface area contributed by atoms with Crippen LogP contribution >= 0.6 is 11.3 Å². The summed E-state index contributed by atoms with van der Waals surface area (Å²) in [6, 6.07) is 8.63. The molecule has 1 aromatic heterocycles. The highest BCUT2D eigenvalue weighted by atomic mass is 32.1. The van der Waals surface area contributed by atoms with Gasteiger partial charge in [-0.25, -0.2) is 0 Å². The molecule has 0 radical (unpaired) electrons. The van der Waals surface area contributed by atoms with Gasteiger partial charge in [-0.05, 0) is 41.5 Å². The van der Waals surface area contributed by atoms with E-state index in [1.807, 2.05) is 6.08 Å². The summed E-state index contributed by atoms with van der Waals surface area (Å²) in [4.78, 5) is 0. The summed E-state index contributed by atoms with van der Waals surface area (Å²) in [6.07, 6.45) is 2.93. The van der Waals surface area contributed by atoms with Crippen molar-refractivity contribution < 1.29 is 0 Å². The second-order valence-electron chi connectivity index (χ2n) is 3.18. The Morgan fingerprint density at radius 2 is 2.29 bits per heavy atom. The molecule has 2 aromatic rings. The van der Waals surface area contributed by atoms with Crippen molar-refractivity contribution in [3.63, 3.8) is 0 Å². The molecule has 72 valence electrons. The fourth-order valence-electron chi connectivity index (χ4n) is 1.40. The maximum Gasteiger partial charge on any atom is 0.0347 e. The lowest BCUT2D eigenvalue weighted by Crippen LogP contribution is -1.99. The van der Waals surface area contributed by atoms with E-state index in [2.05, 4.69) is 41.5 Å². The van der Waals surface area contributed by atoms with E-state index in [1.165, 1.54) is 15.8 Å². The summed E-state index contributed by atoms with van der Waals surface area (Å²) in [5, 5.41) is 6.80. The van der Waals surface area contributed by atoms with Crippen LogP contribution in [0.5, 0.6) is 0 Å². The minimum atomic E-state index is 0.957. The number of fused-ring (bicyclic) bond motifs is 1. The Bertz CT molecular complexity index is 431. The first-order valence-electron chi connectivity index (χ1n) is 4.72. The first-order chi connectivity index (χ1) is 6.90. The summed E-state index contributed by atoms with van der Waals surface area (Å²) < 4.78 is 1.35. The van der Waals surface area contributed by atoms with Crippen LogP contribution in [-0.2, 0) is 0 Å². The van der Waals surface area contributed by atoms with Crippen molar-refractivity contribution >= 4 is 27.1 Å². The van der Waals surface area contributed by atoms with Gasteiger partial charge in [0.15, 0.2) is 0 Å². The molecule has 2 rings (SSSR count). The summed E-state index contributed by atoms with van der Waals surface area (Å²) in [7, 11) is 0. The molecule has 2 heteroatoms. The SMILES string of the molecule is C=CCCNc1ccc2sccc2c1. The molecular weight excluding hydrogens is 190 g/mol. The Hall–Kier alpha value is -1.28. The second-order valence-corrected chi connectivity index (χ2v) is 4.13. The molecule has 0 amide bonds. The van der Waals surface area contributed by atoms with Gasteiger partial charge in [0.1, 0.15) is 0 Å². The lowest BCUT2D eigenvalue weighted by atomic mass is 10.2. The van der Waals surface area contributed by atoms with Crippen LogP contribution in [0.2, 0.25) is 0 Å². The third-order valence-electron chi connectivity index (χ3n) is 2.13. The predicted octanol–water partition coefficient (Wildman–Crippen LogP) is 3.89. The minimum Gasteiger partial charge on any atom is -0.385 e. The Morgan fingerprint density at radius 1 is 1.36 bits per heavy atom. The van der Waals surface area contributed by atoms with Gasteiger partial charge in [0.05, 0.1) is 0 Å². The number of hydrogen-bond donors (Lipinski definition) is 1. The van der Waals surface area contributed by atoms with Gasteiger partial charge in [-0.1, -0.05) is 6.08 Å². The van der Waals surface area contributed by atoms with Crippen LogP contribution in [0.15, 0.2) is 42.3 Å². The lowest BCUT2D eigenvalue weighted by Gasteiger charge is -2.03. The average molecular weight is 203 g/mol. The highest BCUT2D eigenvalue weighted by Gasteiger charge is 1.95. The third-order valence-corrected chi connectivity index (χ3v) is 3.03. The molecule has 0 aliphatic carbocycles. The van der Waals surface area contributed by atoms with Crippen molar-refractivity contribution in [2.75, 3.05) is 11.9 Å². The van der Waals surface area contributed by atoms with Crippen molar-refractivity contribution in [3.8, 4) is 0 Å². The van der Waals surface area contributed by atoms with Crippen molar-refractivity contribution in [3.05, 3.63) is 42.3 Å². The van der Waals surface area contributed by atoms with Crippen molar-refractivity contribution in [2.45, 2.75) is 6.42 Å². The molecule has 0 spiro atoms. The molecule has 0 aliphatic rings. The van der Waals surface area contributed by atoms with Crippen LogP contribution in [0.4, 0.5) is 5.69 Å². The van der Waals surface area contributed by atoms with Gasteiger partial charge in [0.2, 0.25) is 0 Å². The normalized spacial score (nSPS) is 10.3. The molecule has 14 heavy (non-hydrogen) atoms. The number of rotatable bonds is 4. The molecule has 0 saturated carbocycles. The number of hydrogen-bond acceptors (Lipinski definition) is 2. The van der Waals surface area contributed by atoms with Gasteiger partial charge in [0.25, 0.3) is 0 Å². The molecule has 0 fully saturated rings. The quantitative estimate of drug-likeness (QED) is 0.587. The standard InChI is InChI=1S/C12H13NS/c1-2-3-7-13-11-4-5-12-10(9-11)6-8-14-12/h2,4-6,8-9,13H,1,3,7H2. The van der Waals surface area contributed by atoms with Gasteiger partial charge >= 0.3 is 0 Å². The molecule has 1 heterocycles. The number of thiophene rings is 1. The predicted molar refractivity (Wildman–Crippen MR) is 65.1 cm³/mol. The van der Waals surface area contributed by atoms with E-state index in [4.69, 9.17) is 0 Å². The Kier molecular flexibility index (Phi) is 2.84. The van der Waals surface area contributed by atoms with Gasteiger partial charge in [-0.3, -0.25) is 0 Å². The van der Waals surface area contributed by atoms with Crippen LogP contribution in [-0.4, -0.2) is 6.54 Å². The number of anilines is 1. The van der Waals surface area contributed by atoms with E-state index in [1.54, 1.807) is 11.3 Å². The van der Waals surface area contributed by atoms with Crippen LogP contribution in [0.25, 0.3) is 10.1 Å². The molecule has 0 saturated heterocycles. The highest BCUT2D eigenvalue weighted by Crippen LogP contribution is 2.23. The zero-order chi connectivity index (χ0) is 9.80. The van der Waals surface area contributed by atoms with Crippen LogP contribution in [0.3, 0.4) is 0 Å². The Labute approximate surface area is 88.1 Å². The summed E-state index contributed by atoms with van der Waals surface area (Å²) in [5.74, 6) is 0. The zero-order valence-electron chi connectivity index (χ0n) is 7.99. The first-order valence-corrected chi connectivity index (χ1v) is 5.60. The maximum atomic E-state index is 3.70. The molecule has 0 atom stereocenters. The molecule has 1 aromatic carbocycles. The van der Waals surface area contributed by atoms with Crippen molar-refractivity contribution in [1.29, 1.82) is 0 Å². The van der Waals surface area contributed by atoms with Gasteiger partial charge < -0.3 is 5.32 Å². The first kappa shape index (κ1) is 9.28. The van der Waals surface area contributed by atoms with E-state index in [0.29, 0.717) is 0 Å². The van der Waals surface area contributed by atoms with E-state index in [0.717, 1.165) is 13.0 Å². The fraction of sp³-hybridized carbons (Fsp3) is 0.167. The number of benzene rings is 1. The van der Waals surface area contributed by atoms with Gasteiger partial charge in [-0.15, -0.1) is 17.9 Å². The second kappa shape index (κ2) is 4.29. The van der Waals surface area contributed by atoms with E-state index in [9.17, 15) is 0 Å². The van der Waals surface area contributed by atoms with Gasteiger partial charge in [-0.2, -0.15) is 0 Å². The van der Waals surface area contributed by atoms with Crippen LogP contribution in [0.1, 0.15) is 6.42 Å². The molecule has 0 bridgehead atoms. The fourth-order valence-corrected chi connectivity index (χ4v) is 2.17. The smallest absolute Gasteiger partial charge is 0.0347 e. The van der Waals surface area contributed by atoms with E-state index < -0.39 is 0 Å². The lowest BCUT2D eigenvalue weighted by molar-refractivity contribution is 1.07. The van der Waals surface area contributed by atoms with E-state index >= 15 is 0 Å². The molecule has 0 aliphatic heterocycles. The summed E-state index contributed by atoms with van der Waals surface area (Å²) >= 11 is 1.78. The topological polar surface area (TPSA) is 12.0 Å².